The highest BCUT2D eigenvalue weighted by Gasteiger charge is 2.09. The van der Waals surface area contributed by atoms with Gasteiger partial charge in [-0.15, -0.1) is 0 Å². The fraction of sp³-hybridized carbons (Fsp3) is 0.222. The van der Waals surface area contributed by atoms with Gasteiger partial charge in [0.05, 0.1) is 19.7 Å². The van der Waals surface area contributed by atoms with Crippen LogP contribution in [0, 0.1) is 0 Å². The minimum Gasteiger partial charge on any atom is -0.497 e. The van der Waals surface area contributed by atoms with Crippen LogP contribution in [0.2, 0.25) is 0 Å². The van der Waals surface area contributed by atoms with Crippen LogP contribution in [0.3, 0.4) is 0 Å². The van der Waals surface area contributed by atoms with Crippen molar-refractivity contribution in [1.82, 2.24) is 10.2 Å². The van der Waals surface area contributed by atoms with Crippen LogP contribution < -0.4 is 15.0 Å². The number of rotatable bonds is 2. The zero-order valence-corrected chi connectivity index (χ0v) is 7.88. The predicted octanol–water partition coefficient (Wildman–Crippen LogP) is 0.873. The molecule has 2 N–H and O–H groups in total. The van der Waals surface area contributed by atoms with Crippen LogP contribution in [-0.2, 0) is 0 Å². The first kappa shape index (κ1) is 8.68. The summed E-state index contributed by atoms with van der Waals surface area (Å²) in [5.41, 5.74) is 0.478. The molecule has 0 unspecified atom stereocenters. The van der Waals surface area contributed by atoms with Gasteiger partial charge in [0.15, 0.2) is 0 Å². The van der Waals surface area contributed by atoms with Gasteiger partial charge >= 0.3 is 0 Å². The maximum atomic E-state index is 11.4. The molecule has 2 rings (SSSR count). The lowest BCUT2D eigenvalue weighted by Gasteiger charge is -2.03. The van der Waals surface area contributed by atoms with Gasteiger partial charge in [-0.05, 0) is 0 Å². The first-order valence-corrected chi connectivity index (χ1v) is 4.08. The number of ether oxygens (including phenoxy) is 2. The van der Waals surface area contributed by atoms with Crippen molar-refractivity contribution in [2.24, 2.45) is 0 Å². The molecule has 0 saturated heterocycles. The van der Waals surface area contributed by atoms with Crippen LogP contribution in [0.15, 0.2) is 16.9 Å². The van der Waals surface area contributed by atoms with Gasteiger partial charge in [-0.3, -0.25) is 15.0 Å². The Balaban J connectivity index is 2.82. The van der Waals surface area contributed by atoms with Crippen molar-refractivity contribution in [2.45, 2.75) is 0 Å². The molecular formula is C9H10N2O3. The van der Waals surface area contributed by atoms with Crippen LogP contribution in [0.25, 0.3) is 10.9 Å². The predicted molar refractivity (Wildman–Crippen MR) is 52.0 cm³/mol. The van der Waals surface area contributed by atoms with E-state index in [4.69, 9.17) is 9.47 Å². The van der Waals surface area contributed by atoms with E-state index in [1.165, 1.54) is 7.11 Å². The van der Waals surface area contributed by atoms with E-state index in [9.17, 15) is 4.79 Å². The van der Waals surface area contributed by atoms with E-state index in [2.05, 4.69) is 10.2 Å². The number of hydrogen-bond acceptors (Lipinski definition) is 3. The van der Waals surface area contributed by atoms with Gasteiger partial charge in [0, 0.05) is 12.1 Å². The van der Waals surface area contributed by atoms with Crippen molar-refractivity contribution in [1.29, 1.82) is 0 Å². The Hall–Kier alpha value is -1.91. The van der Waals surface area contributed by atoms with Crippen LogP contribution in [-0.4, -0.2) is 24.4 Å². The Labute approximate surface area is 79.6 Å². The summed E-state index contributed by atoms with van der Waals surface area (Å²) >= 11 is 0. The van der Waals surface area contributed by atoms with Crippen LogP contribution in [0.1, 0.15) is 0 Å². The first-order chi connectivity index (χ1) is 6.76. The normalized spacial score (nSPS) is 10.4. The number of H-pyrrole nitrogens is 2. The van der Waals surface area contributed by atoms with Gasteiger partial charge in [0.1, 0.15) is 16.9 Å². The number of aromatic amines is 2. The highest BCUT2D eigenvalue weighted by Crippen LogP contribution is 2.27. The fourth-order valence-corrected chi connectivity index (χ4v) is 1.39. The lowest BCUT2D eigenvalue weighted by atomic mass is 10.2. The quantitative estimate of drug-likeness (QED) is 0.745. The maximum Gasteiger partial charge on any atom is 0.275 e. The Bertz CT molecular complexity index is 512. The summed E-state index contributed by atoms with van der Waals surface area (Å²) in [4.78, 5) is 11.4. The maximum absolute atomic E-state index is 11.4. The van der Waals surface area contributed by atoms with E-state index in [0.29, 0.717) is 22.4 Å². The number of aromatic nitrogens is 2. The third-order valence-corrected chi connectivity index (χ3v) is 2.07. The molecule has 1 aromatic heterocycles. The van der Waals surface area contributed by atoms with E-state index >= 15 is 0 Å². The van der Waals surface area contributed by atoms with Crippen molar-refractivity contribution >= 4 is 10.9 Å². The minimum atomic E-state index is -0.195. The van der Waals surface area contributed by atoms with Crippen molar-refractivity contribution in [3.05, 3.63) is 22.5 Å². The lowest BCUT2D eigenvalue weighted by molar-refractivity contribution is 0.398. The van der Waals surface area contributed by atoms with Crippen LogP contribution in [0.5, 0.6) is 11.5 Å². The SMILES string of the molecule is COc1cc(OC)c2c(=O)[nH][nH]c2c1. The Morgan fingerprint density at radius 3 is 2.57 bits per heavy atom. The van der Waals surface area contributed by atoms with Gasteiger partial charge < -0.3 is 9.47 Å². The summed E-state index contributed by atoms with van der Waals surface area (Å²) < 4.78 is 10.1. The van der Waals surface area contributed by atoms with Crippen molar-refractivity contribution in [2.75, 3.05) is 14.2 Å². The van der Waals surface area contributed by atoms with Crippen molar-refractivity contribution < 1.29 is 9.47 Å². The summed E-state index contributed by atoms with van der Waals surface area (Å²) in [5.74, 6) is 1.14. The van der Waals surface area contributed by atoms with E-state index in [0.717, 1.165) is 0 Å². The fourth-order valence-electron chi connectivity index (χ4n) is 1.39. The first-order valence-electron chi connectivity index (χ1n) is 4.08. The molecule has 1 aromatic carbocycles. The Kier molecular flexibility index (Phi) is 1.92. The lowest BCUT2D eigenvalue weighted by Crippen LogP contribution is -1.99. The molecule has 0 aliphatic heterocycles. The number of benzene rings is 1. The molecule has 14 heavy (non-hydrogen) atoms. The van der Waals surface area contributed by atoms with Gasteiger partial charge in [-0.2, -0.15) is 0 Å². The van der Waals surface area contributed by atoms with Gasteiger partial charge in [-0.1, -0.05) is 0 Å². The summed E-state index contributed by atoms with van der Waals surface area (Å²) in [5, 5.41) is 5.73. The Morgan fingerprint density at radius 2 is 1.93 bits per heavy atom. The average molecular weight is 194 g/mol. The standard InChI is InChI=1S/C9H10N2O3/c1-13-5-3-6-8(7(4-5)14-2)9(12)11-10-6/h3-4H,1-2H3,(H2,10,11,12). The highest BCUT2D eigenvalue weighted by atomic mass is 16.5. The zero-order valence-electron chi connectivity index (χ0n) is 7.88. The second-order valence-corrected chi connectivity index (χ2v) is 2.83. The smallest absolute Gasteiger partial charge is 0.275 e. The topological polar surface area (TPSA) is 67.1 Å². The molecule has 74 valence electrons. The summed E-state index contributed by atoms with van der Waals surface area (Å²) in [6.07, 6.45) is 0. The van der Waals surface area contributed by atoms with Crippen LogP contribution in [0.4, 0.5) is 0 Å². The largest absolute Gasteiger partial charge is 0.497 e. The molecule has 2 aromatic rings. The molecule has 0 aliphatic rings. The molecule has 0 fully saturated rings. The molecule has 5 heteroatoms. The molecule has 0 bridgehead atoms. The number of nitrogens with one attached hydrogen (secondary N) is 2. The third kappa shape index (κ3) is 1.14. The Morgan fingerprint density at radius 1 is 1.14 bits per heavy atom. The molecule has 0 aliphatic carbocycles. The second-order valence-electron chi connectivity index (χ2n) is 2.83. The van der Waals surface area contributed by atoms with E-state index in [-0.39, 0.29) is 5.56 Å². The highest BCUT2D eigenvalue weighted by molar-refractivity contribution is 5.86. The van der Waals surface area contributed by atoms with Gasteiger partial charge in [0.2, 0.25) is 0 Å². The van der Waals surface area contributed by atoms with E-state index in [1.54, 1.807) is 19.2 Å². The third-order valence-electron chi connectivity index (χ3n) is 2.07. The monoisotopic (exact) mass is 194 g/mol. The molecular weight excluding hydrogens is 184 g/mol. The van der Waals surface area contributed by atoms with Crippen molar-refractivity contribution in [3.8, 4) is 11.5 Å². The molecule has 0 saturated carbocycles. The summed E-state index contributed by atoms with van der Waals surface area (Å²) in [7, 11) is 3.08. The summed E-state index contributed by atoms with van der Waals surface area (Å²) in [6, 6.07) is 3.40. The minimum absolute atomic E-state index is 0.195. The van der Waals surface area contributed by atoms with Gasteiger partial charge in [-0.25, -0.2) is 0 Å². The number of fused-ring (bicyclic) bond motifs is 1. The zero-order chi connectivity index (χ0) is 10.1. The van der Waals surface area contributed by atoms with Crippen molar-refractivity contribution in [3.63, 3.8) is 0 Å². The number of hydrogen-bond donors (Lipinski definition) is 2. The van der Waals surface area contributed by atoms with E-state index in [1.807, 2.05) is 0 Å². The van der Waals surface area contributed by atoms with Gasteiger partial charge in [0.25, 0.3) is 5.56 Å². The average Bonchev–Trinajstić information content (AvgIpc) is 2.59. The molecule has 5 nitrogen and oxygen atoms in total. The molecule has 1 heterocycles. The molecule has 0 atom stereocenters. The molecule has 0 radical (unpaired) electrons. The number of methoxy groups -OCH3 is 2. The van der Waals surface area contributed by atoms with E-state index < -0.39 is 0 Å². The summed E-state index contributed by atoms with van der Waals surface area (Å²) in [6.45, 7) is 0. The molecule has 0 spiro atoms. The molecule has 0 amide bonds. The second kappa shape index (κ2) is 3.10. The van der Waals surface area contributed by atoms with Crippen LogP contribution >= 0.6 is 0 Å².